The molecule has 17 heavy (non-hydrogen) atoms. The highest BCUT2D eigenvalue weighted by atomic mass is 79.9. The average molecular weight is 324 g/mol. The van der Waals surface area contributed by atoms with E-state index in [9.17, 15) is 0 Å². The lowest BCUT2D eigenvalue weighted by atomic mass is 10.1. The van der Waals surface area contributed by atoms with E-state index in [0.717, 1.165) is 36.2 Å². The molecule has 0 amide bonds. The molecule has 0 aromatic carbocycles. The van der Waals surface area contributed by atoms with Gasteiger partial charge in [-0.2, -0.15) is 5.10 Å². The van der Waals surface area contributed by atoms with Gasteiger partial charge in [0.25, 0.3) is 0 Å². The number of aromatic nitrogens is 2. The van der Waals surface area contributed by atoms with Crippen LogP contribution in [0.15, 0.2) is 4.47 Å². The van der Waals surface area contributed by atoms with Crippen LogP contribution in [-0.4, -0.2) is 33.8 Å². The summed E-state index contributed by atoms with van der Waals surface area (Å²) in [6, 6.07) is 0.335. The number of halogens is 2. The molecule has 1 aliphatic rings. The van der Waals surface area contributed by atoms with E-state index in [1.165, 1.54) is 12.1 Å². The van der Waals surface area contributed by atoms with Gasteiger partial charge in [0.2, 0.25) is 0 Å². The van der Waals surface area contributed by atoms with Crippen LogP contribution in [0.1, 0.15) is 24.2 Å². The van der Waals surface area contributed by atoms with Crippen LogP contribution in [0.4, 0.5) is 0 Å². The van der Waals surface area contributed by atoms with Gasteiger partial charge in [0.05, 0.1) is 15.9 Å². The topological polar surface area (TPSA) is 47.1 Å². The van der Waals surface area contributed by atoms with Crippen LogP contribution in [0.3, 0.4) is 0 Å². The molecule has 1 atom stereocenters. The quantitative estimate of drug-likeness (QED) is 0.903. The number of nitrogens with zero attached hydrogens (tertiary/aromatic N) is 3. The average Bonchev–Trinajstić information content (AvgIpc) is 2.45. The van der Waals surface area contributed by atoms with Crippen molar-refractivity contribution in [2.24, 2.45) is 12.8 Å². The molecule has 0 aliphatic carbocycles. The monoisotopic (exact) mass is 322 g/mol. The number of aryl methyl sites for hydroxylation is 2. The van der Waals surface area contributed by atoms with Crippen molar-refractivity contribution in [1.82, 2.24) is 14.7 Å². The number of nitrogens with two attached hydrogens (primary N) is 1. The lowest BCUT2D eigenvalue weighted by Crippen LogP contribution is -2.42. The number of likely N-dealkylation sites (tertiary alicyclic amines) is 1. The molecule has 0 bridgehead atoms. The summed E-state index contributed by atoms with van der Waals surface area (Å²) < 4.78 is 3.09. The number of rotatable bonds is 2. The van der Waals surface area contributed by atoms with Gasteiger partial charge in [-0.15, -0.1) is 12.4 Å². The normalized spacial score (nSPS) is 21.3. The summed E-state index contributed by atoms with van der Waals surface area (Å²) in [6.07, 6.45) is 2.36. The molecule has 0 radical (unpaired) electrons. The van der Waals surface area contributed by atoms with Crippen molar-refractivity contribution < 1.29 is 0 Å². The van der Waals surface area contributed by atoms with Gasteiger partial charge in [-0.05, 0) is 42.2 Å². The maximum Gasteiger partial charge on any atom is 0.0739 e. The molecule has 1 aliphatic heterocycles. The Balaban J connectivity index is 0.00000144. The van der Waals surface area contributed by atoms with Gasteiger partial charge >= 0.3 is 0 Å². The summed E-state index contributed by atoms with van der Waals surface area (Å²) in [5, 5.41) is 4.41. The van der Waals surface area contributed by atoms with Crippen molar-refractivity contribution >= 4 is 28.3 Å². The minimum absolute atomic E-state index is 0. The van der Waals surface area contributed by atoms with Crippen molar-refractivity contribution in [3.05, 3.63) is 15.9 Å². The zero-order valence-electron chi connectivity index (χ0n) is 10.3. The van der Waals surface area contributed by atoms with E-state index in [2.05, 4.69) is 25.9 Å². The van der Waals surface area contributed by atoms with E-state index in [1.807, 2.05) is 18.7 Å². The summed E-state index contributed by atoms with van der Waals surface area (Å²) in [6.45, 7) is 5.10. The van der Waals surface area contributed by atoms with Crippen LogP contribution in [0.2, 0.25) is 0 Å². The molecule has 1 aromatic heterocycles. The van der Waals surface area contributed by atoms with E-state index < -0.39 is 0 Å². The Morgan fingerprint density at radius 3 is 2.76 bits per heavy atom. The minimum Gasteiger partial charge on any atom is -0.327 e. The van der Waals surface area contributed by atoms with Gasteiger partial charge in [0.15, 0.2) is 0 Å². The van der Waals surface area contributed by atoms with Crippen molar-refractivity contribution in [3.8, 4) is 0 Å². The maximum atomic E-state index is 5.98. The zero-order chi connectivity index (χ0) is 11.7. The number of piperidine rings is 1. The highest BCUT2D eigenvalue weighted by Gasteiger charge is 2.19. The Morgan fingerprint density at radius 1 is 1.53 bits per heavy atom. The molecule has 6 heteroatoms. The Labute approximate surface area is 117 Å². The first-order chi connectivity index (χ1) is 7.58. The molecular weight excluding hydrogens is 304 g/mol. The smallest absolute Gasteiger partial charge is 0.0739 e. The van der Waals surface area contributed by atoms with Gasteiger partial charge in [-0.1, -0.05) is 0 Å². The summed E-state index contributed by atoms with van der Waals surface area (Å²) in [5.74, 6) is 0. The van der Waals surface area contributed by atoms with Gasteiger partial charge < -0.3 is 5.73 Å². The van der Waals surface area contributed by atoms with Crippen molar-refractivity contribution in [1.29, 1.82) is 0 Å². The van der Waals surface area contributed by atoms with Gasteiger partial charge in [-0.3, -0.25) is 9.58 Å². The fourth-order valence-electron chi connectivity index (χ4n) is 2.30. The fourth-order valence-corrected chi connectivity index (χ4v) is 2.76. The van der Waals surface area contributed by atoms with Crippen LogP contribution in [-0.2, 0) is 13.6 Å². The molecule has 2 rings (SSSR count). The molecular formula is C11H20BrClN4. The number of hydrogen-bond acceptors (Lipinski definition) is 3. The van der Waals surface area contributed by atoms with Gasteiger partial charge in [-0.25, -0.2) is 0 Å². The maximum absolute atomic E-state index is 5.98. The third-order valence-corrected chi connectivity index (χ3v) is 4.21. The standard InChI is InChI=1S/C11H19BrN4.ClH/c1-8-11(12)10(15(2)14-8)7-16-5-3-4-9(13)6-16;/h9H,3-7,13H2,1-2H3;1H/t9-;/m1./s1. The first-order valence-electron chi connectivity index (χ1n) is 5.74. The Kier molecular flexibility index (Phi) is 5.44. The second kappa shape index (κ2) is 6.18. The molecule has 2 N–H and O–H groups in total. The van der Waals surface area contributed by atoms with Crippen molar-refractivity contribution in [2.45, 2.75) is 32.4 Å². The van der Waals surface area contributed by atoms with Crippen LogP contribution in [0.5, 0.6) is 0 Å². The summed E-state index contributed by atoms with van der Waals surface area (Å²) in [5.41, 5.74) is 8.28. The lowest BCUT2D eigenvalue weighted by Gasteiger charge is -2.30. The number of hydrogen-bond donors (Lipinski definition) is 1. The van der Waals surface area contributed by atoms with E-state index >= 15 is 0 Å². The largest absolute Gasteiger partial charge is 0.327 e. The highest BCUT2D eigenvalue weighted by molar-refractivity contribution is 9.10. The third-order valence-electron chi connectivity index (χ3n) is 3.18. The second-order valence-electron chi connectivity index (χ2n) is 4.61. The molecule has 0 spiro atoms. The van der Waals surface area contributed by atoms with Gasteiger partial charge in [0.1, 0.15) is 0 Å². The minimum atomic E-state index is 0. The van der Waals surface area contributed by atoms with Crippen LogP contribution >= 0.6 is 28.3 Å². The third kappa shape index (κ3) is 3.44. The first kappa shape index (κ1) is 15.0. The molecule has 0 unspecified atom stereocenters. The van der Waals surface area contributed by atoms with Crippen LogP contribution in [0, 0.1) is 6.92 Å². The Hall–Kier alpha value is -0.100. The van der Waals surface area contributed by atoms with E-state index in [0.29, 0.717) is 6.04 Å². The fraction of sp³-hybridized carbons (Fsp3) is 0.727. The summed E-state index contributed by atoms with van der Waals surface area (Å²) in [4.78, 5) is 2.41. The molecule has 1 fully saturated rings. The Bertz CT molecular complexity index is 380. The molecule has 2 heterocycles. The van der Waals surface area contributed by atoms with E-state index in [-0.39, 0.29) is 12.4 Å². The molecule has 1 aromatic rings. The van der Waals surface area contributed by atoms with E-state index in [1.54, 1.807) is 0 Å². The second-order valence-corrected chi connectivity index (χ2v) is 5.40. The predicted molar refractivity (Wildman–Crippen MR) is 75.4 cm³/mol. The lowest BCUT2D eigenvalue weighted by molar-refractivity contribution is 0.197. The zero-order valence-corrected chi connectivity index (χ0v) is 12.7. The van der Waals surface area contributed by atoms with Crippen molar-refractivity contribution in [3.63, 3.8) is 0 Å². The van der Waals surface area contributed by atoms with Crippen molar-refractivity contribution in [2.75, 3.05) is 13.1 Å². The highest BCUT2D eigenvalue weighted by Crippen LogP contribution is 2.22. The van der Waals surface area contributed by atoms with Crippen LogP contribution < -0.4 is 5.73 Å². The SMILES string of the molecule is Cc1nn(C)c(CN2CCC[C@@H](N)C2)c1Br.Cl. The van der Waals surface area contributed by atoms with Crippen LogP contribution in [0.25, 0.3) is 0 Å². The van der Waals surface area contributed by atoms with Gasteiger partial charge in [0, 0.05) is 26.2 Å². The Morgan fingerprint density at radius 2 is 2.24 bits per heavy atom. The summed E-state index contributed by atoms with van der Waals surface area (Å²) in [7, 11) is 2.00. The molecule has 98 valence electrons. The van der Waals surface area contributed by atoms with E-state index in [4.69, 9.17) is 5.73 Å². The molecule has 0 saturated carbocycles. The molecule has 1 saturated heterocycles. The molecule has 4 nitrogen and oxygen atoms in total. The summed E-state index contributed by atoms with van der Waals surface area (Å²) >= 11 is 3.60. The first-order valence-corrected chi connectivity index (χ1v) is 6.53. The predicted octanol–water partition coefficient (Wildman–Crippen LogP) is 1.84.